The van der Waals surface area contributed by atoms with Crippen LogP contribution in [-0.4, -0.2) is 45.2 Å². The van der Waals surface area contributed by atoms with E-state index in [9.17, 15) is 22.4 Å². The van der Waals surface area contributed by atoms with Gasteiger partial charge in [0, 0.05) is 19.0 Å². The standard InChI is InChI=1S/C16H16FNO5S2/c1-10-4-7-15(24-10)14(19)9-23-16(20)12-8-11(5-6-13(12)17)25(21,22)18(2)3/h4-8H,9H2,1-3H3. The molecule has 0 spiro atoms. The van der Waals surface area contributed by atoms with Gasteiger partial charge in [-0.15, -0.1) is 11.3 Å². The van der Waals surface area contributed by atoms with Crippen LogP contribution in [-0.2, 0) is 14.8 Å². The van der Waals surface area contributed by atoms with Crippen molar-refractivity contribution in [1.29, 1.82) is 0 Å². The number of thiophene rings is 1. The van der Waals surface area contributed by atoms with Gasteiger partial charge in [0.2, 0.25) is 15.8 Å². The summed E-state index contributed by atoms with van der Waals surface area (Å²) in [6, 6.07) is 6.20. The van der Waals surface area contributed by atoms with Crippen molar-refractivity contribution >= 4 is 33.1 Å². The highest BCUT2D eigenvalue weighted by Crippen LogP contribution is 2.19. The second-order valence-corrected chi connectivity index (χ2v) is 8.78. The summed E-state index contributed by atoms with van der Waals surface area (Å²) in [5, 5.41) is 0. The number of nitrogens with zero attached hydrogens (tertiary/aromatic N) is 1. The number of ketones is 1. The van der Waals surface area contributed by atoms with Gasteiger partial charge in [0.05, 0.1) is 15.3 Å². The Kier molecular flexibility index (Phi) is 5.71. The van der Waals surface area contributed by atoms with E-state index in [4.69, 9.17) is 4.74 Å². The van der Waals surface area contributed by atoms with Crippen LogP contribution < -0.4 is 0 Å². The maximum atomic E-state index is 13.9. The SMILES string of the molecule is Cc1ccc(C(=O)COC(=O)c2cc(S(=O)(=O)N(C)C)ccc2F)s1. The van der Waals surface area contributed by atoms with Gasteiger partial charge in [-0.3, -0.25) is 4.79 Å². The van der Waals surface area contributed by atoms with Crippen LogP contribution in [0.2, 0.25) is 0 Å². The van der Waals surface area contributed by atoms with Gasteiger partial charge >= 0.3 is 5.97 Å². The number of sulfonamides is 1. The minimum absolute atomic E-state index is 0.244. The first-order valence-electron chi connectivity index (χ1n) is 7.12. The average Bonchev–Trinajstić information content (AvgIpc) is 2.99. The fourth-order valence-electron chi connectivity index (χ4n) is 1.90. The number of ether oxygens (including phenoxy) is 1. The molecule has 6 nitrogen and oxygen atoms in total. The molecular weight excluding hydrogens is 369 g/mol. The molecule has 0 radical (unpaired) electrons. The molecule has 0 bridgehead atoms. The van der Waals surface area contributed by atoms with Crippen molar-refractivity contribution in [2.24, 2.45) is 0 Å². The van der Waals surface area contributed by atoms with Gasteiger partial charge in [-0.05, 0) is 37.3 Å². The molecule has 0 aliphatic carbocycles. The Balaban J connectivity index is 2.17. The first-order chi connectivity index (χ1) is 11.6. The molecule has 0 saturated heterocycles. The Hall–Kier alpha value is -2.10. The van der Waals surface area contributed by atoms with Crippen molar-refractivity contribution in [2.45, 2.75) is 11.8 Å². The summed E-state index contributed by atoms with van der Waals surface area (Å²) in [6.07, 6.45) is 0. The predicted molar refractivity (Wildman–Crippen MR) is 90.9 cm³/mol. The van der Waals surface area contributed by atoms with Crippen molar-refractivity contribution in [3.8, 4) is 0 Å². The van der Waals surface area contributed by atoms with Crippen LogP contribution in [0.3, 0.4) is 0 Å². The number of hydrogen-bond donors (Lipinski definition) is 0. The van der Waals surface area contributed by atoms with Gasteiger partial charge in [-0.2, -0.15) is 0 Å². The minimum atomic E-state index is -3.83. The van der Waals surface area contributed by atoms with Crippen LogP contribution in [0.25, 0.3) is 0 Å². The van der Waals surface area contributed by atoms with Crippen molar-refractivity contribution < 1.29 is 27.1 Å². The van der Waals surface area contributed by atoms with Crippen LogP contribution in [0.15, 0.2) is 35.2 Å². The lowest BCUT2D eigenvalue weighted by Crippen LogP contribution is -2.23. The van der Waals surface area contributed by atoms with E-state index >= 15 is 0 Å². The molecular formula is C16H16FNO5S2. The number of esters is 1. The zero-order chi connectivity index (χ0) is 18.8. The fraction of sp³-hybridized carbons (Fsp3) is 0.250. The smallest absolute Gasteiger partial charge is 0.341 e. The molecule has 2 aromatic rings. The zero-order valence-electron chi connectivity index (χ0n) is 13.8. The Labute approximate surface area is 148 Å². The number of aryl methyl sites for hydroxylation is 1. The third-order valence-electron chi connectivity index (χ3n) is 3.29. The molecule has 2 rings (SSSR count). The van der Waals surface area contributed by atoms with Crippen LogP contribution in [0.4, 0.5) is 4.39 Å². The highest BCUT2D eigenvalue weighted by atomic mass is 32.2. The quantitative estimate of drug-likeness (QED) is 0.564. The molecule has 0 aliphatic heterocycles. The third kappa shape index (κ3) is 4.30. The topological polar surface area (TPSA) is 80.8 Å². The van der Waals surface area contributed by atoms with Crippen molar-refractivity contribution in [3.63, 3.8) is 0 Å². The first-order valence-corrected chi connectivity index (χ1v) is 9.37. The highest BCUT2D eigenvalue weighted by Gasteiger charge is 2.22. The normalized spacial score (nSPS) is 11.6. The van der Waals surface area contributed by atoms with E-state index in [1.165, 1.54) is 25.4 Å². The van der Waals surface area contributed by atoms with Gasteiger partial charge in [-0.1, -0.05) is 0 Å². The van der Waals surface area contributed by atoms with E-state index in [1.54, 1.807) is 12.1 Å². The Bertz CT molecular complexity index is 918. The Morgan fingerprint density at radius 3 is 2.44 bits per heavy atom. The lowest BCUT2D eigenvalue weighted by atomic mass is 10.2. The number of carbonyl (C=O) groups is 2. The third-order valence-corrected chi connectivity index (χ3v) is 6.14. The molecule has 0 fully saturated rings. The summed E-state index contributed by atoms with van der Waals surface area (Å²) in [7, 11) is -1.19. The molecule has 0 amide bonds. The van der Waals surface area contributed by atoms with Crippen LogP contribution in [0.1, 0.15) is 24.9 Å². The summed E-state index contributed by atoms with van der Waals surface area (Å²) < 4.78 is 43.8. The predicted octanol–water partition coefficient (Wildman–Crippen LogP) is 2.49. The Morgan fingerprint density at radius 1 is 1.20 bits per heavy atom. The molecule has 9 heteroatoms. The highest BCUT2D eigenvalue weighted by molar-refractivity contribution is 7.89. The lowest BCUT2D eigenvalue weighted by Gasteiger charge is -2.12. The number of hydrogen-bond acceptors (Lipinski definition) is 6. The summed E-state index contributed by atoms with van der Waals surface area (Å²) in [4.78, 5) is 25.1. The van der Waals surface area contributed by atoms with Gasteiger partial charge < -0.3 is 4.74 Å². The van der Waals surface area contributed by atoms with Crippen molar-refractivity contribution in [1.82, 2.24) is 4.31 Å². The molecule has 1 aromatic carbocycles. The monoisotopic (exact) mass is 385 g/mol. The van der Waals surface area contributed by atoms with Crippen molar-refractivity contribution in [2.75, 3.05) is 20.7 Å². The maximum Gasteiger partial charge on any atom is 0.341 e. The summed E-state index contributed by atoms with van der Waals surface area (Å²) in [5.74, 6) is -2.44. The largest absolute Gasteiger partial charge is 0.454 e. The maximum absolute atomic E-state index is 13.9. The molecule has 0 N–H and O–H groups in total. The number of halogens is 1. The van der Waals surface area contributed by atoms with E-state index in [0.717, 1.165) is 27.4 Å². The molecule has 1 heterocycles. The van der Waals surface area contributed by atoms with E-state index in [1.807, 2.05) is 6.92 Å². The minimum Gasteiger partial charge on any atom is -0.454 e. The molecule has 1 aromatic heterocycles. The molecule has 25 heavy (non-hydrogen) atoms. The van der Waals surface area contributed by atoms with E-state index in [-0.39, 0.29) is 4.90 Å². The number of benzene rings is 1. The second-order valence-electron chi connectivity index (χ2n) is 5.34. The molecule has 0 unspecified atom stereocenters. The van der Waals surface area contributed by atoms with Crippen LogP contribution in [0.5, 0.6) is 0 Å². The van der Waals surface area contributed by atoms with E-state index < -0.39 is 39.8 Å². The van der Waals surface area contributed by atoms with Gasteiger partial charge in [0.1, 0.15) is 5.82 Å². The molecule has 134 valence electrons. The van der Waals surface area contributed by atoms with Crippen LogP contribution >= 0.6 is 11.3 Å². The number of carbonyl (C=O) groups excluding carboxylic acids is 2. The van der Waals surface area contributed by atoms with Crippen molar-refractivity contribution in [3.05, 3.63) is 51.5 Å². The fourth-order valence-corrected chi connectivity index (χ4v) is 3.62. The summed E-state index contributed by atoms with van der Waals surface area (Å²) >= 11 is 1.26. The lowest BCUT2D eigenvalue weighted by molar-refractivity contribution is 0.0471. The molecule has 0 saturated carbocycles. The van der Waals surface area contributed by atoms with Gasteiger partial charge in [0.25, 0.3) is 0 Å². The average molecular weight is 385 g/mol. The van der Waals surface area contributed by atoms with E-state index in [0.29, 0.717) is 4.88 Å². The van der Waals surface area contributed by atoms with Gasteiger partial charge in [0.15, 0.2) is 6.61 Å². The number of Topliss-reactive ketones (excluding diaryl/α,β-unsaturated/α-hetero) is 1. The summed E-state index contributed by atoms with van der Waals surface area (Å²) in [5.41, 5.74) is -0.543. The molecule has 0 aliphatic rings. The number of rotatable bonds is 6. The molecule has 0 atom stereocenters. The Morgan fingerprint density at radius 2 is 1.88 bits per heavy atom. The summed E-state index contributed by atoms with van der Waals surface area (Å²) in [6.45, 7) is 1.28. The first kappa shape index (κ1) is 19.2. The zero-order valence-corrected chi connectivity index (χ0v) is 15.4. The van der Waals surface area contributed by atoms with Gasteiger partial charge in [-0.25, -0.2) is 21.9 Å². The van der Waals surface area contributed by atoms with E-state index in [2.05, 4.69) is 0 Å². The van der Waals surface area contributed by atoms with Crippen LogP contribution in [0, 0.1) is 12.7 Å². The second kappa shape index (κ2) is 7.42.